The van der Waals surface area contributed by atoms with Crippen LogP contribution in [0.25, 0.3) is 22.3 Å². The Bertz CT molecular complexity index is 833. The van der Waals surface area contributed by atoms with Gasteiger partial charge in [0.2, 0.25) is 5.95 Å². The van der Waals surface area contributed by atoms with Crippen LogP contribution in [-0.2, 0) is 6.61 Å². The van der Waals surface area contributed by atoms with Gasteiger partial charge in [0, 0.05) is 11.1 Å². The number of aromatic nitrogens is 3. The summed E-state index contributed by atoms with van der Waals surface area (Å²) in [6.45, 7) is -0.173. The summed E-state index contributed by atoms with van der Waals surface area (Å²) >= 11 is 0. The van der Waals surface area contributed by atoms with Crippen LogP contribution in [0.3, 0.4) is 0 Å². The third-order valence-electron chi connectivity index (χ3n) is 3.35. The van der Waals surface area contributed by atoms with Crippen LogP contribution < -0.4 is 16.2 Å². The molecule has 7 heteroatoms. The number of nitrogens with zero attached hydrogens (tertiary/aromatic N) is 3. The normalized spacial score (nSPS) is 10.8. The van der Waals surface area contributed by atoms with E-state index in [1.54, 1.807) is 13.2 Å². The molecule has 0 amide bonds. The van der Waals surface area contributed by atoms with Crippen LogP contribution in [0.1, 0.15) is 5.56 Å². The van der Waals surface area contributed by atoms with Crippen molar-refractivity contribution in [1.29, 1.82) is 0 Å². The van der Waals surface area contributed by atoms with Crippen LogP contribution in [0.15, 0.2) is 30.3 Å². The smallest absolute Gasteiger partial charge is 0.224 e. The summed E-state index contributed by atoms with van der Waals surface area (Å²) < 4.78 is 5.14. The van der Waals surface area contributed by atoms with Gasteiger partial charge in [0.05, 0.1) is 24.8 Å². The third kappa shape index (κ3) is 2.38. The first-order valence-electron chi connectivity index (χ1n) is 6.60. The number of methoxy groups -OCH3 is 1. The molecule has 1 aromatic carbocycles. The zero-order chi connectivity index (χ0) is 15.7. The van der Waals surface area contributed by atoms with Crippen molar-refractivity contribution >= 4 is 22.8 Å². The van der Waals surface area contributed by atoms with Gasteiger partial charge in [0.25, 0.3) is 0 Å². The molecule has 0 radical (unpaired) electrons. The molecule has 0 bridgehead atoms. The van der Waals surface area contributed by atoms with E-state index in [0.717, 1.165) is 11.3 Å². The van der Waals surface area contributed by atoms with Crippen molar-refractivity contribution in [3.05, 3.63) is 35.9 Å². The molecule has 22 heavy (non-hydrogen) atoms. The molecular formula is C15H15N5O2. The molecule has 5 N–H and O–H groups in total. The molecule has 2 heterocycles. The van der Waals surface area contributed by atoms with Gasteiger partial charge in [0.15, 0.2) is 5.65 Å². The van der Waals surface area contributed by atoms with Crippen molar-refractivity contribution in [2.75, 3.05) is 18.6 Å². The molecule has 0 atom stereocenters. The number of nitrogens with two attached hydrogens (primary N) is 2. The fourth-order valence-electron chi connectivity index (χ4n) is 2.26. The summed E-state index contributed by atoms with van der Waals surface area (Å²) in [5.41, 5.74) is 13.9. The molecule has 0 unspecified atom stereocenters. The molecule has 0 saturated carbocycles. The van der Waals surface area contributed by atoms with Crippen LogP contribution >= 0.6 is 0 Å². The summed E-state index contributed by atoms with van der Waals surface area (Å²) in [6.07, 6.45) is 0. The summed E-state index contributed by atoms with van der Waals surface area (Å²) in [7, 11) is 1.60. The Labute approximate surface area is 126 Å². The predicted octanol–water partition coefficient (Wildman–Crippen LogP) is 1.36. The van der Waals surface area contributed by atoms with Crippen molar-refractivity contribution in [2.45, 2.75) is 6.61 Å². The maximum atomic E-state index is 9.61. The monoisotopic (exact) mass is 297 g/mol. The highest BCUT2D eigenvalue weighted by atomic mass is 16.5. The van der Waals surface area contributed by atoms with Crippen molar-refractivity contribution in [1.82, 2.24) is 15.0 Å². The fourth-order valence-corrected chi connectivity index (χ4v) is 2.26. The van der Waals surface area contributed by atoms with E-state index in [-0.39, 0.29) is 18.4 Å². The number of rotatable bonds is 3. The molecule has 3 rings (SSSR count). The number of hydrogen-bond donors (Lipinski definition) is 3. The summed E-state index contributed by atoms with van der Waals surface area (Å²) in [5.74, 6) is 1.05. The number of benzene rings is 1. The highest BCUT2D eigenvalue weighted by Gasteiger charge is 2.12. The zero-order valence-corrected chi connectivity index (χ0v) is 11.9. The minimum atomic E-state index is -0.173. The molecular weight excluding hydrogens is 282 g/mol. The second kappa shape index (κ2) is 5.45. The molecule has 0 aliphatic carbocycles. The molecule has 3 aromatic rings. The van der Waals surface area contributed by atoms with E-state index >= 15 is 0 Å². The lowest BCUT2D eigenvalue weighted by Gasteiger charge is -2.10. The minimum Gasteiger partial charge on any atom is -0.497 e. The Morgan fingerprint density at radius 1 is 1.09 bits per heavy atom. The topological polar surface area (TPSA) is 120 Å². The van der Waals surface area contributed by atoms with Crippen LogP contribution in [0.5, 0.6) is 5.75 Å². The standard InChI is InChI=1S/C15H15N5O2/c1-22-10-4-2-8(3-5-10)12-9(7-21)6-11-13(16)19-15(17)20-14(11)18-12/h2-6,21H,7H2,1H3,(H4,16,17,18,19,20). The van der Waals surface area contributed by atoms with Gasteiger partial charge in [0.1, 0.15) is 11.6 Å². The van der Waals surface area contributed by atoms with Crippen LogP contribution in [0.2, 0.25) is 0 Å². The largest absolute Gasteiger partial charge is 0.497 e. The van der Waals surface area contributed by atoms with E-state index in [4.69, 9.17) is 16.2 Å². The number of nitrogen functional groups attached to an aromatic ring is 2. The predicted molar refractivity (Wildman–Crippen MR) is 84.1 cm³/mol. The van der Waals surface area contributed by atoms with Gasteiger partial charge in [-0.2, -0.15) is 9.97 Å². The van der Waals surface area contributed by atoms with E-state index in [2.05, 4.69) is 15.0 Å². The van der Waals surface area contributed by atoms with Crippen molar-refractivity contribution < 1.29 is 9.84 Å². The third-order valence-corrected chi connectivity index (χ3v) is 3.35. The van der Waals surface area contributed by atoms with Crippen LogP contribution in [-0.4, -0.2) is 27.2 Å². The number of fused-ring (bicyclic) bond motifs is 1. The number of ether oxygens (including phenoxy) is 1. The molecule has 0 aliphatic rings. The first-order chi connectivity index (χ1) is 10.6. The van der Waals surface area contributed by atoms with Gasteiger partial charge in [-0.1, -0.05) is 0 Å². The fraction of sp³-hybridized carbons (Fsp3) is 0.133. The van der Waals surface area contributed by atoms with E-state index in [1.807, 2.05) is 24.3 Å². The molecule has 2 aromatic heterocycles. The summed E-state index contributed by atoms with van der Waals surface area (Å²) in [4.78, 5) is 12.5. The number of anilines is 2. The molecule has 0 aliphatic heterocycles. The summed E-state index contributed by atoms with van der Waals surface area (Å²) in [5, 5.41) is 10.2. The number of hydrogen-bond acceptors (Lipinski definition) is 7. The average molecular weight is 297 g/mol. The number of aliphatic hydroxyl groups excluding tert-OH is 1. The van der Waals surface area contributed by atoms with Gasteiger partial charge in [-0.05, 0) is 30.3 Å². The molecule has 0 fully saturated rings. The van der Waals surface area contributed by atoms with E-state index in [0.29, 0.717) is 22.3 Å². The van der Waals surface area contributed by atoms with Gasteiger partial charge < -0.3 is 21.3 Å². The van der Waals surface area contributed by atoms with Gasteiger partial charge >= 0.3 is 0 Å². The van der Waals surface area contributed by atoms with Gasteiger partial charge in [-0.3, -0.25) is 0 Å². The Hall–Kier alpha value is -2.93. The molecule has 0 spiro atoms. The molecule has 112 valence electrons. The quantitative estimate of drug-likeness (QED) is 0.667. The highest BCUT2D eigenvalue weighted by Crippen LogP contribution is 2.28. The van der Waals surface area contributed by atoms with Crippen molar-refractivity contribution in [3.8, 4) is 17.0 Å². The Kier molecular flexibility index (Phi) is 3.48. The number of aliphatic hydroxyl groups is 1. The van der Waals surface area contributed by atoms with Gasteiger partial charge in [-0.25, -0.2) is 4.98 Å². The average Bonchev–Trinajstić information content (AvgIpc) is 2.53. The van der Waals surface area contributed by atoms with E-state index in [9.17, 15) is 5.11 Å². The van der Waals surface area contributed by atoms with Crippen LogP contribution in [0.4, 0.5) is 11.8 Å². The van der Waals surface area contributed by atoms with Crippen molar-refractivity contribution in [2.24, 2.45) is 0 Å². The Morgan fingerprint density at radius 3 is 2.45 bits per heavy atom. The first kappa shape index (κ1) is 14.0. The first-order valence-corrected chi connectivity index (χ1v) is 6.60. The lowest BCUT2D eigenvalue weighted by Crippen LogP contribution is -2.04. The second-order valence-electron chi connectivity index (χ2n) is 4.72. The second-order valence-corrected chi connectivity index (χ2v) is 4.72. The lowest BCUT2D eigenvalue weighted by atomic mass is 10.0. The van der Waals surface area contributed by atoms with Gasteiger partial charge in [-0.15, -0.1) is 0 Å². The molecule has 7 nitrogen and oxygen atoms in total. The highest BCUT2D eigenvalue weighted by molar-refractivity contribution is 5.89. The zero-order valence-electron chi connectivity index (χ0n) is 11.9. The van der Waals surface area contributed by atoms with Crippen molar-refractivity contribution in [3.63, 3.8) is 0 Å². The lowest BCUT2D eigenvalue weighted by molar-refractivity contribution is 0.282. The van der Waals surface area contributed by atoms with E-state index in [1.165, 1.54) is 0 Å². The maximum Gasteiger partial charge on any atom is 0.224 e. The Morgan fingerprint density at radius 2 is 1.82 bits per heavy atom. The maximum absolute atomic E-state index is 9.61. The van der Waals surface area contributed by atoms with E-state index < -0.39 is 0 Å². The van der Waals surface area contributed by atoms with Crippen LogP contribution in [0, 0.1) is 0 Å². The number of pyridine rings is 1. The minimum absolute atomic E-state index is 0.0647. The molecule has 0 saturated heterocycles. The SMILES string of the molecule is COc1ccc(-c2nc3nc(N)nc(N)c3cc2CO)cc1. The summed E-state index contributed by atoms with van der Waals surface area (Å²) in [6, 6.07) is 9.10. The Balaban J connectivity index is 2.22.